The number of rotatable bonds is 5. The van der Waals surface area contributed by atoms with Gasteiger partial charge in [0.2, 0.25) is 0 Å². The molecular formula is C19H14Cl2FNO2S. The highest BCUT2D eigenvalue weighted by Gasteiger charge is 2.26. The van der Waals surface area contributed by atoms with E-state index in [9.17, 15) is 12.8 Å². The molecule has 0 radical (unpaired) electrons. The number of benzene rings is 3. The van der Waals surface area contributed by atoms with Crippen LogP contribution in [0.1, 0.15) is 5.56 Å². The number of hydrogen-bond acceptors (Lipinski definition) is 2. The van der Waals surface area contributed by atoms with Crippen LogP contribution in [-0.4, -0.2) is 8.42 Å². The molecule has 0 aliphatic rings. The zero-order valence-electron chi connectivity index (χ0n) is 13.4. The van der Waals surface area contributed by atoms with Crippen LogP contribution in [-0.2, 0) is 16.6 Å². The smallest absolute Gasteiger partial charge is 0.262 e. The van der Waals surface area contributed by atoms with Crippen molar-refractivity contribution in [3.8, 4) is 0 Å². The average molecular weight is 410 g/mol. The maximum Gasteiger partial charge on any atom is 0.264 e. The van der Waals surface area contributed by atoms with Gasteiger partial charge in [0.15, 0.2) is 0 Å². The summed E-state index contributed by atoms with van der Waals surface area (Å²) in [6.45, 7) is -0.0588. The summed E-state index contributed by atoms with van der Waals surface area (Å²) < 4.78 is 41.2. The Bertz CT molecular complexity index is 1030. The Kier molecular flexibility index (Phi) is 5.51. The van der Waals surface area contributed by atoms with Crippen molar-refractivity contribution in [2.24, 2.45) is 0 Å². The molecule has 0 aliphatic carbocycles. The predicted molar refractivity (Wildman–Crippen MR) is 103 cm³/mol. The SMILES string of the molecule is O=S(=O)(c1ccccc1)N(Cc1ccc(Cl)cc1Cl)c1cccc(F)c1. The summed E-state index contributed by atoms with van der Waals surface area (Å²) in [7, 11) is -3.92. The molecule has 134 valence electrons. The van der Waals surface area contributed by atoms with E-state index in [0.29, 0.717) is 15.6 Å². The fourth-order valence-corrected chi connectivity index (χ4v) is 4.39. The van der Waals surface area contributed by atoms with Gasteiger partial charge in [-0.3, -0.25) is 4.31 Å². The molecule has 7 heteroatoms. The minimum Gasteiger partial charge on any atom is -0.262 e. The van der Waals surface area contributed by atoms with Crippen LogP contribution in [0.5, 0.6) is 0 Å². The number of sulfonamides is 1. The summed E-state index contributed by atoms with van der Waals surface area (Å²) in [4.78, 5) is 0.106. The van der Waals surface area contributed by atoms with Crippen LogP contribution in [0.25, 0.3) is 0 Å². The molecule has 0 bridgehead atoms. The van der Waals surface area contributed by atoms with E-state index in [1.165, 1.54) is 42.5 Å². The normalized spacial score (nSPS) is 11.3. The van der Waals surface area contributed by atoms with Crippen molar-refractivity contribution < 1.29 is 12.8 Å². The zero-order chi connectivity index (χ0) is 18.7. The van der Waals surface area contributed by atoms with Gasteiger partial charge in [-0.1, -0.05) is 53.5 Å². The van der Waals surface area contributed by atoms with E-state index < -0.39 is 15.8 Å². The third kappa shape index (κ3) is 4.01. The van der Waals surface area contributed by atoms with Crippen LogP contribution in [0.15, 0.2) is 77.7 Å². The molecule has 0 saturated carbocycles. The Balaban J connectivity index is 2.11. The Hall–Kier alpha value is -2.08. The van der Waals surface area contributed by atoms with Crippen LogP contribution in [0.3, 0.4) is 0 Å². The van der Waals surface area contributed by atoms with Crippen LogP contribution in [0.4, 0.5) is 10.1 Å². The van der Waals surface area contributed by atoms with Crippen LogP contribution in [0, 0.1) is 5.82 Å². The lowest BCUT2D eigenvalue weighted by molar-refractivity contribution is 0.590. The first-order valence-electron chi connectivity index (χ1n) is 7.65. The van der Waals surface area contributed by atoms with Gasteiger partial charge in [0, 0.05) is 10.0 Å². The molecule has 0 fully saturated rings. The summed E-state index contributed by atoms with van der Waals surface area (Å²) >= 11 is 12.1. The van der Waals surface area contributed by atoms with Gasteiger partial charge in [-0.25, -0.2) is 12.8 Å². The van der Waals surface area contributed by atoms with Crippen molar-refractivity contribution in [2.75, 3.05) is 4.31 Å². The third-order valence-electron chi connectivity index (χ3n) is 3.76. The molecule has 0 N–H and O–H groups in total. The third-order valence-corrected chi connectivity index (χ3v) is 6.13. The molecule has 0 aromatic heterocycles. The predicted octanol–water partition coefficient (Wildman–Crippen LogP) is 5.53. The van der Waals surface area contributed by atoms with Crippen LogP contribution < -0.4 is 4.31 Å². The summed E-state index contributed by atoms with van der Waals surface area (Å²) in [6, 6.07) is 18.2. The lowest BCUT2D eigenvalue weighted by Gasteiger charge is -2.25. The van der Waals surface area contributed by atoms with Gasteiger partial charge < -0.3 is 0 Å². The van der Waals surface area contributed by atoms with Crippen molar-refractivity contribution >= 4 is 38.9 Å². The van der Waals surface area contributed by atoms with Gasteiger partial charge in [-0.15, -0.1) is 0 Å². The van der Waals surface area contributed by atoms with E-state index in [4.69, 9.17) is 23.2 Å². The molecule has 0 amide bonds. The second-order valence-electron chi connectivity index (χ2n) is 5.54. The first-order chi connectivity index (χ1) is 12.4. The monoisotopic (exact) mass is 409 g/mol. The van der Waals surface area contributed by atoms with Crippen molar-refractivity contribution in [3.63, 3.8) is 0 Å². The van der Waals surface area contributed by atoms with Gasteiger partial charge in [-0.2, -0.15) is 0 Å². The highest BCUT2D eigenvalue weighted by atomic mass is 35.5. The van der Waals surface area contributed by atoms with Crippen molar-refractivity contribution in [2.45, 2.75) is 11.4 Å². The first kappa shape index (κ1) is 18.7. The fraction of sp³-hybridized carbons (Fsp3) is 0.0526. The number of nitrogens with zero attached hydrogens (tertiary/aromatic N) is 1. The Morgan fingerprint density at radius 3 is 2.27 bits per heavy atom. The van der Waals surface area contributed by atoms with Crippen LogP contribution >= 0.6 is 23.2 Å². The molecule has 3 nitrogen and oxygen atoms in total. The molecule has 26 heavy (non-hydrogen) atoms. The Morgan fingerprint density at radius 2 is 1.62 bits per heavy atom. The van der Waals surface area contributed by atoms with Crippen molar-refractivity contribution in [1.29, 1.82) is 0 Å². The highest BCUT2D eigenvalue weighted by molar-refractivity contribution is 7.92. The molecule has 0 heterocycles. The van der Waals surface area contributed by atoms with Gasteiger partial charge in [-0.05, 0) is 48.0 Å². The first-order valence-corrected chi connectivity index (χ1v) is 9.85. The number of anilines is 1. The summed E-state index contributed by atoms with van der Waals surface area (Å²) in [5.41, 5.74) is 0.764. The van der Waals surface area contributed by atoms with E-state index in [1.807, 2.05) is 0 Å². The molecule has 3 aromatic rings. The topological polar surface area (TPSA) is 37.4 Å². The lowest BCUT2D eigenvalue weighted by atomic mass is 10.2. The molecule has 0 aliphatic heterocycles. The molecule has 0 saturated heterocycles. The lowest BCUT2D eigenvalue weighted by Crippen LogP contribution is -2.30. The van der Waals surface area contributed by atoms with E-state index in [1.54, 1.807) is 30.3 Å². The maximum atomic E-state index is 13.7. The summed E-state index contributed by atoms with van der Waals surface area (Å²) in [5.74, 6) is -0.530. The Morgan fingerprint density at radius 1 is 0.885 bits per heavy atom. The van der Waals surface area contributed by atoms with Gasteiger partial charge >= 0.3 is 0 Å². The molecule has 3 aromatic carbocycles. The second-order valence-corrected chi connectivity index (χ2v) is 8.25. The quantitative estimate of drug-likeness (QED) is 0.555. The summed E-state index contributed by atoms with van der Waals surface area (Å²) in [5, 5.41) is 0.782. The molecule has 0 atom stereocenters. The molecule has 0 unspecified atom stereocenters. The average Bonchev–Trinajstić information content (AvgIpc) is 2.61. The van der Waals surface area contributed by atoms with E-state index in [2.05, 4.69) is 0 Å². The highest BCUT2D eigenvalue weighted by Crippen LogP contribution is 2.29. The van der Waals surface area contributed by atoms with E-state index >= 15 is 0 Å². The van der Waals surface area contributed by atoms with E-state index in [0.717, 1.165) is 4.31 Å². The standard InChI is InChI=1S/C19H14Cl2FNO2S/c20-15-10-9-14(19(21)11-15)13-23(17-6-4-5-16(22)12-17)26(24,25)18-7-2-1-3-8-18/h1-12H,13H2. The van der Waals surface area contributed by atoms with E-state index in [-0.39, 0.29) is 17.1 Å². The van der Waals surface area contributed by atoms with Gasteiger partial charge in [0.1, 0.15) is 5.82 Å². The van der Waals surface area contributed by atoms with Crippen molar-refractivity contribution in [1.82, 2.24) is 0 Å². The second kappa shape index (κ2) is 7.66. The maximum absolute atomic E-state index is 13.7. The fourth-order valence-electron chi connectivity index (χ4n) is 2.47. The van der Waals surface area contributed by atoms with Gasteiger partial charge in [0.25, 0.3) is 10.0 Å². The Labute approximate surface area is 161 Å². The number of halogens is 3. The van der Waals surface area contributed by atoms with Crippen molar-refractivity contribution in [3.05, 3.63) is 94.2 Å². The van der Waals surface area contributed by atoms with Gasteiger partial charge in [0.05, 0.1) is 17.1 Å². The molecular weight excluding hydrogens is 396 g/mol. The minimum atomic E-state index is -3.92. The minimum absolute atomic E-state index is 0.0588. The zero-order valence-corrected chi connectivity index (χ0v) is 15.8. The molecule has 0 spiro atoms. The largest absolute Gasteiger partial charge is 0.264 e. The summed E-state index contributed by atoms with van der Waals surface area (Å²) in [6.07, 6.45) is 0. The number of hydrogen-bond donors (Lipinski definition) is 0. The molecule has 3 rings (SSSR count). The van der Waals surface area contributed by atoms with Crippen LogP contribution in [0.2, 0.25) is 10.0 Å².